The molecule has 1 aromatic carbocycles. The number of piperazine rings is 2. The largest absolute Gasteiger partial charge is 0.378 e. The maximum absolute atomic E-state index is 12.8. The summed E-state index contributed by atoms with van der Waals surface area (Å²) in [6, 6.07) is 10.5. The van der Waals surface area contributed by atoms with E-state index < -0.39 is 0 Å². The van der Waals surface area contributed by atoms with Gasteiger partial charge in [0.15, 0.2) is 5.16 Å². The van der Waals surface area contributed by atoms with Gasteiger partial charge in [0, 0.05) is 82.9 Å². The summed E-state index contributed by atoms with van der Waals surface area (Å²) in [7, 11) is 0. The number of aromatic nitrogens is 2. The smallest absolute Gasteiger partial charge is 0.236 e. The fourth-order valence-corrected chi connectivity index (χ4v) is 5.57. The second-order valence-corrected chi connectivity index (χ2v) is 10.7. The third-order valence-electron chi connectivity index (χ3n) is 7.62. The third-order valence-corrected chi connectivity index (χ3v) is 8.17. The topological polar surface area (TPSA) is 80.3 Å². The molecule has 0 unspecified atom stereocenters. The Hall–Kier alpha value is -2.60. The van der Waals surface area contributed by atoms with Gasteiger partial charge in [-0.15, -0.1) is 0 Å². The molecule has 38 heavy (non-hydrogen) atoms. The van der Waals surface area contributed by atoms with Crippen molar-refractivity contribution in [1.29, 1.82) is 0 Å². The molecule has 3 aliphatic rings. The van der Waals surface area contributed by atoms with E-state index in [0.717, 1.165) is 108 Å². The van der Waals surface area contributed by atoms with E-state index in [1.54, 1.807) is 11.8 Å². The fraction of sp³-hybridized carbons (Fsp3) is 0.593. The molecule has 4 heterocycles. The SMILES string of the molecule is CCN1CCN(C(=O)CN2CCN(c3cc(Nc4ccc(N5CCOCC5)cc4)nc(SC)n3)CC2)CC1. The van der Waals surface area contributed by atoms with Crippen LogP contribution in [0.1, 0.15) is 6.92 Å². The van der Waals surface area contributed by atoms with Gasteiger partial charge in [-0.2, -0.15) is 0 Å². The molecule has 0 aliphatic carbocycles. The third kappa shape index (κ3) is 6.88. The summed E-state index contributed by atoms with van der Waals surface area (Å²) in [5.74, 6) is 1.98. The van der Waals surface area contributed by atoms with Gasteiger partial charge in [0.25, 0.3) is 0 Å². The van der Waals surface area contributed by atoms with Gasteiger partial charge in [-0.3, -0.25) is 9.69 Å². The molecular weight excluding hydrogens is 500 g/mol. The van der Waals surface area contributed by atoms with Crippen LogP contribution in [0.2, 0.25) is 0 Å². The summed E-state index contributed by atoms with van der Waals surface area (Å²) < 4.78 is 5.47. The van der Waals surface area contributed by atoms with Crippen LogP contribution in [0.15, 0.2) is 35.5 Å². The molecule has 0 atom stereocenters. The van der Waals surface area contributed by atoms with Gasteiger partial charge in [0.05, 0.1) is 19.8 Å². The van der Waals surface area contributed by atoms with Crippen molar-refractivity contribution in [1.82, 2.24) is 24.7 Å². The van der Waals surface area contributed by atoms with Gasteiger partial charge in [0.2, 0.25) is 5.91 Å². The van der Waals surface area contributed by atoms with E-state index in [-0.39, 0.29) is 5.91 Å². The minimum atomic E-state index is 0.257. The molecule has 11 heteroatoms. The number of benzene rings is 1. The minimum Gasteiger partial charge on any atom is -0.378 e. The molecule has 10 nitrogen and oxygen atoms in total. The van der Waals surface area contributed by atoms with Gasteiger partial charge in [0.1, 0.15) is 11.6 Å². The Morgan fingerprint density at radius 1 is 0.895 bits per heavy atom. The summed E-state index contributed by atoms with van der Waals surface area (Å²) in [6.07, 6.45) is 2.00. The molecule has 5 rings (SSSR count). The van der Waals surface area contributed by atoms with Gasteiger partial charge >= 0.3 is 0 Å². The highest BCUT2D eigenvalue weighted by Gasteiger charge is 2.25. The number of anilines is 4. The predicted molar refractivity (Wildman–Crippen MR) is 154 cm³/mol. The Morgan fingerprint density at radius 3 is 2.24 bits per heavy atom. The van der Waals surface area contributed by atoms with Crippen molar-refractivity contribution in [3.8, 4) is 0 Å². The lowest BCUT2D eigenvalue weighted by atomic mass is 10.2. The maximum atomic E-state index is 12.8. The van der Waals surface area contributed by atoms with E-state index >= 15 is 0 Å². The quantitative estimate of drug-likeness (QED) is 0.397. The number of carbonyl (C=O) groups excluding carboxylic acids is 1. The second kappa shape index (κ2) is 13.0. The van der Waals surface area contributed by atoms with Crippen LogP contribution in [0.3, 0.4) is 0 Å². The Bertz CT molecular complexity index is 1050. The van der Waals surface area contributed by atoms with Crippen LogP contribution in [0.25, 0.3) is 0 Å². The Balaban J connectivity index is 1.16. The van der Waals surface area contributed by atoms with E-state index in [1.165, 1.54) is 5.69 Å². The first-order chi connectivity index (χ1) is 18.6. The predicted octanol–water partition coefficient (Wildman–Crippen LogP) is 2.06. The summed E-state index contributed by atoms with van der Waals surface area (Å²) >= 11 is 1.55. The van der Waals surface area contributed by atoms with Crippen molar-refractivity contribution < 1.29 is 9.53 Å². The number of nitrogens with one attached hydrogen (secondary N) is 1. The van der Waals surface area contributed by atoms with E-state index in [0.29, 0.717) is 6.54 Å². The molecule has 2 aromatic rings. The first kappa shape index (κ1) is 27.0. The Morgan fingerprint density at radius 2 is 1.58 bits per heavy atom. The van der Waals surface area contributed by atoms with Crippen LogP contribution in [-0.4, -0.2) is 129 Å². The van der Waals surface area contributed by atoms with E-state index in [4.69, 9.17) is 14.7 Å². The summed E-state index contributed by atoms with van der Waals surface area (Å²) in [6.45, 7) is 14.2. The Kier molecular flexibility index (Phi) is 9.21. The minimum absolute atomic E-state index is 0.257. The maximum Gasteiger partial charge on any atom is 0.236 e. The molecule has 0 saturated carbocycles. The number of morpholine rings is 1. The highest BCUT2D eigenvalue weighted by Crippen LogP contribution is 2.26. The van der Waals surface area contributed by atoms with E-state index in [1.807, 2.05) is 17.2 Å². The van der Waals surface area contributed by atoms with Crippen molar-refractivity contribution in [3.63, 3.8) is 0 Å². The second-order valence-electron chi connectivity index (χ2n) is 9.95. The van der Waals surface area contributed by atoms with Crippen LogP contribution in [-0.2, 0) is 9.53 Å². The van der Waals surface area contributed by atoms with Gasteiger partial charge in [-0.1, -0.05) is 18.7 Å². The highest BCUT2D eigenvalue weighted by atomic mass is 32.2. The number of ether oxygens (including phenoxy) is 1. The molecule has 3 fully saturated rings. The molecule has 1 amide bonds. The lowest BCUT2D eigenvalue weighted by Gasteiger charge is -2.38. The molecule has 0 radical (unpaired) electrons. The molecule has 0 bridgehead atoms. The number of rotatable bonds is 8. The summed E-state index contributed by atoms with van der Waals surface area (Å²) in [5.41, 5.74) is 2.22. The standard InChI is InChI=1S/C27H40N8O2S/c1-3-31-8-14-35(15-9-31)26(36)21-32-10-12-34(13-11-32)25-20-24(29-27(30-25)38-2)28-22-4-6-23(7-5-22)33-16-18-37-19-17-33/h4-7,20H,3,8-19,21H2,1-2H3,(H,28,29,30). The number of thioether (sulfide) groups is 1. The monoisotopic (exact) mass is 540 g/mol. The number of carbonyl (C=O) groups is 1. The first-order valence-corrected chi connectivity index (χ1v) is 14.9. The average molecular weight is 541 g/mol. The normalized spacial score (nSPS) is 19.6. The van der Waals surface area contributed by atoms with Crippen LogP contribution in [0.5, 0.6) is 0 Å². The summed E-state index contributed by atoms with van der Waals surface area (Å²) in [4.78, 5) is 33.7. The first-order valence-electron chi connectivity index (χ1n) is 13.7. The van der Waals surface area contributed by atoms with E-state index in [9.17, 15) is 4.79 Å². The Labute approximate surface area is 230 Å². The summed E-state index contributed by atoms with van der Waals surface area (Å²) in [5, 5.41) is 4.22. The van der Waals surface area contributed by atoms with Gasteiger partial charge < -0.3 is 29.7 Å². The van der Waals surface area contributed by atoms with Crippen molar-refractivity contribution >= 4 is 40.7 Å². The molecule has 1 N–H and O–H groups in total. The molecule has 206 valence electrons. The molecule has 1 aromatic heterocycles. The fourth-order valence-electron chi connectivity index (χ4n) is 5.20. The molecule has 3 saturated heterocycles. The molecular formula is C27H40N8O2S. The zero-order valence-corrected chi connectivity index (χ0v) is 23.5. The lowest BCUT2D eigenvalue weighted by molar-refractivity contribution is -0.134. The number of likely N-dealkylation sites (N-methyl/N-ethyl adjacent to an activating group) is 1. The van der Waals surface area contributed by atoms with Crippen LogP contribution in [0.4, 0.5) is 23.0 Å². The van der Waals surface area contributed by atoms with Crippen LogP contribution in [0, 0.1) is 0 Å². The van der Waals surface area contributed by atoms with Crippen LogP contribution >= 0.6 is 11.8 Å². The van der Waals surface area contributed by atoms with Gasteiger partial charge in [-0.25, -0.2) is 9.97 Å². The zero-order valence-electron chi connectivity index (χ0n) is 22.6. The van der Waals surface area contributed by atoms with Crippen molar-refractivity contribution in [2.24, 2.45) is 0 Å². The van der Waals surface area contributed by atoms with Crippen molar-refractivity contribution in [2.45, 2.75) is 12.1 Å². The molecule has 3 aliphatic heterocycles. The molecule has 0 spiro atoms. The number of hydrogen-bond donors (Lipinski definition) is 1. The van der Waals surface area contributed by atoms with E-state index in [2.05, 4.69) is 56.1 Å². The van der Waals surface area contributed by atoms with Gasteiger partial charge in [-0.05, 0) is 37.1 Å². The highest BCUT2D eigenvalue weighted by molar-refractivity contribution is 7.98. The van der Waals surface area contributed by atoms with Crippen molar-refractivity contribution in [2.75, 3.05) is 113 Å². The lowest BCUT2D eigenvalue weighted by Crippen LogP contribution is -2.53. The number of hydrogen-bond acceptors (Lipinski definition) is 10. The van der Waals surface area contributed by atoms with Crippen molar-refractivity contribution in [3.05, 3.63) is 30.3 Å². The van der Waals surface area contributed by atoms with Crippen LogP contribution < -0.4 is 15.1 Å². The number of amides is 1. The average Bonchev–Trinajstić information content (AvgIpc) is 2.98. The zero-order chi connectivity index (χ0) is 26.3. The number of nitrogens with zero attached hydrogens (tertiary/aromatic N) is 7.